The number of carbonyl (C=O) groups excluding carboxylic acids is 1. The summed E-state index contributed by atoms with van der Waals surface area (Å²) in [6.07, 6.45) is 0.467. The van der Waals surface area contributed by atoms with Crippen molar-refractivity contribution in [3.63, 3.8) is 0 Å². The highest BCUT2D eigenvalue weighted by Gasteiger charge is 2.18. The first kappa shape index (κ1) is 19.1. The van der Waals surface area contributed by atoms with E-state index in [1.165, 1.54) is 4.90 Å². The molecule has 0 saturated carbocycles. The van der Waals surface area contributed by atoms with Gasteiger partial charge in [0, 0.05) is 48.3 Å². The number of carbonyl (C=O) groups is 1. The second-order valence-corrected chi connectivity index (χ2v) is 8.02. The van der Waals surface area contributed by atoms with Crippen molar-refractivity contribution >= 4 is 40.6 Å². The van der Waals surface area contributed by atoms with Crippen LogP contribution in [0.4, 0.5) is 11.4 Å². The van der Waals surface area contributed by atoms with Gasteiger partial charge < -0.3 is 15.1 Å². The Labute approximate surface area is 164 Å². The third-order valence-electron chi connectivity index (χ3n) is 4.42. The van der Waals surface area contributed by atoms with Crippen molar-refractivity contribution in [3.05, 3.63) is 53.6 Å². The molecule has 0 atom stereocenters. The van der Waals surface area contributed by atoms with Crippen LogP contribution in [0.3, 0.4) is 0 Å². The first-order chi connectivity index (χ1) is 12.6. The highest BCUT2D eigenvalue weighted by Crippen LogP contribution is 2.30. The van der Waals surface area contributed by atoms with Crippen molar-refractivity contribution in [1.82, 2.24) is 4.90 Å². The largest absolute Gasteiger partial charge is 0.367 e. The van der Waals surface area contributed by atoms with E-state index in [0.29, 0.717) is 11.4 Å². The van der Waals surface area contributed by atoms with E-state index < -0.39 is 0 Å². The van der Waals surface area contributed by atoms with Crippen LogP contribution in [-0.2, 0) is 4.79 Å². The van der Waals surface area contributed by atoms with E-state index in [0.717, 1.165) is 43.3 Å². The van der Waals surface area contributed by atoms with E-state index in [1.54, 1.807) is 11.8 Å². The van der Waals surface area contributed by atoms with E-state index in [1.807, 2.05) is 36.4 Å². The molecule has 1 fully saturated rings. The molecule has 1 N–H and O–H groups in total. The fraction of sp³-hybridized carbons (Fsp3) is 0.350. The zero-order valence-electron chi connectivity index (χ0n) is 15.0. The van der Waals surface area contributed by atoms with Crippen molar-refractivity contribution in [1.29, 1.82) is 0 Å². The molecule has 138 valence electrons. The quantitative estimate of drug-likeness (QED) is 0.750. The average Bonchev–Trinajstić information content (AvgIpc) is 2.64. The van der Waals surface area contributed by atoms with Gasteiger partial charge in [-0.05, 0) is 37.4 Å². The second kappa shape index (κ2) is 9.31. The van der Waals surface area contributed by atoms with E-state index in [4.69, 9.17) is 11.6 Å². The monoisotopic (exact) mass is 389 g/mol. The van der Waals surface area contributed by atoms with Gasteiger partial charge in [-0.25, -0.2) is 0 Å². The molecule has 4 nitrogen and oxygen atoms in total. The molecule has 6 heteroatoms. The molecule has 2 aromatic rings. The number of likely N-dealkylation sites (N-methyl/N-ethyl adjacent to an activating group) is 1. The van der Waals surface area contributed by atoms with Crippen molar-refractivity contribution in [2.75, 3.05) is 49.2 Å². The predicted octanol–water partition coefficient (Wildman–Crippen LogP) is 4.21. The molecule has 0 spiro atoms. The highest BCUT2D eigenvalue weighted by atomic mass is 35.5. The SMILES string of the molecule is CN1CCN(c2ccc(Cl)cc2NC(=O)CCSc2ccccc2)CC1. The number of benzene rings is 2. The molecule has 0 aliphatic carbocycles. The molecule has 1 amide bonds. The van der Waals surface area contributed by atoms with Crippen molar-refractivity contribution in [2.45, 2.75) is 11.3 Å². The first-order valence-corrected chi connectivity index (χ1v) is 10.2. The van der Waals surface area contributed by atoms with Crippen molar-refractivity contribution in [3.8, 4) is 0 Å². The van der Waals surface area contributed by atoms with Gasteiger partial charge in [-0.2, -0.15) is 0 Å². The number of halogens is 1. The Morgan fingerprint density at radius 3 is 2.58 bits per heavy atom. The smallest absolute Gasteiger partial charge is 0.225 e. The minimum Gasteiger partial charge on any atom is -0.367 e. The summed E-state index contributed by atoms with van der Waals surface area (Å²) in [5, 5.41) is 3.69. The van der Waals surface area contributed by atoms with Gasteiger partial charge in [-0.15, -0.1) is 11.8 Å². The van der Waals surface area contributed by atoms with Gasteiger partial charge in [0.1, 0.15) is 0 Å². The number of hydrogen-bond acceptors (Lipinski definition) is 4. The number of nitrogens with one attached hydrogen (secondary N) is 1. The summed E-state index contributed by atoms with van der Waals surface area (Å²) in [6.45, 7) is 3.93. The summed E-state index contributed by atoms with van der Waals surface area (Å²) >= 11 is 7.86. The minimum absolute atomic E-state index is 0.0195. The summed E-state index contributed by atoms with van der Waals surface area (Å²) in [7, 11) is 2.13. The molecule has 1 aliphatic heterocycles. The Morgan fingerprint density at radius 2 is 1.85 bits per heavy atom. The number of piperazine rings is 1. The Hall–Kier alpha value is -1.69. The standard InChI is InChI=1S/C20H24ClN3OS/c1-23-10-12-24(13-11-23)19-8-7-16(21)15-18(19)22-20(25)9-14-26-17-5-3-2-4-6-17/h2-8,15H,9-14H2,1H3,(H,22,25). The lowest BCUT2D eigenvalue weighted by Gasteiger charge is -2.35. The van der Waals surface area contributed by atoms with Crippen LogP contribution in [0, 0.1) is 0 Å². The Morgan fingerprint density at radius 1 is 1.12 bits per heavy atom. The van der Waals surface area contributed by atoms with Crippen LogP contribution < -0.4 is 10.2 Å². The fourth-order valence-electron chi connectivity index (χ4n) is 2.92. The van der Waals surface area contributed by atoms with E-state index in [9.17, 15) is 4.79 Å². The molecule has 0 aromatic heterocycles. The van der Waals surface area contributed by atoms with Gasteiger partial charge in [0.15, 0.2) is 0 Å². The lowest BCUT2D eigenvalue weighted by Crippen LogP contribution is -2.44. The van der Waals surface area contributed by atoms with Crippen molar-refractivity contribution < 1.29 is 4.79 Å². The van der Waals surface area contributed by atoms with Gasteiger partial charge in [-0.1, -0.05) is 29.8 Å². The van der Waals surface area contributed by atoms with Crippen LogP contribution in [0.15, 0.2) is 53.4 Å². The minimum atomic E-state index is 0.0195. The third-order valence-corrected chi connectivity index (χ3v) is 5.67. The van der Waals surface area contributed by atoms with Crippen LogP contribution in [0.1, 0.15) is 6.42 Å². The summed E-state index contributed by atoms with van der Waals surface area (Å²) in [6, 6.07) is 15.9. The van der Waals surface area contributed by atoms with Crippen LogP contribution in [0.5, 0.6) is 0 Å². The van der Waals surface area contributed by atoms with E-state index >= 15 is 0 Å². The van der Waals surface area contributed by atoms with Crippen LogP contribution in [-0.4, -0.2) is 49.8 Å². The van der Waals surface area contributed by atoms with Crippen molar-refractivity contribution in [2.24, 2.45) is 0 Å². The van der Waals surface area contributed by atoms with Crippen LogP contribution in [0.25, 0.3) is 0 Å². The molecule has 1 heterocycles. The predicted molar refractivity (Wildman–Crippen MR) is 112 cm³/mol. The van der Waals surface area contributed by atoms with Gasteiger partial charge in [-0.3, -0.25) is 4.79 Å². The number of rotatable bonds is 6. The molecule has 0 radical (unpaired) electrons. The summed E-state index contributed by atoms with van der Waals surface area (Å²) in [5.41, 5.74) is 1.85. The highest BCUT2D eigenvalue weighted by molar-refractivity contribution is 7.99. The number of hydrogen-bond donors (Lipinski definition) is 1. The molecule has 0 unspecified atom stereocenters. The maximum absolute atomic E-state index is 12.4. The summed E-state index contributed by atoms with van der Waals surface area (Å²) in [4.78, 5) is 18.2. The Kier molecular flexibility index (Phi) is 6.83. The van der Waals surface area contributed by atoms with Crippen LogP contribution in [0.2, 0.25) is 5.02 Å². The molecule has 3 rings (SSSR count). The number of anilines is 2. The zero-order valence-corrected chi connectivity index (χ0v) is 16.5. The maximum Gasteiger partial charge on any atom is 0.225 e. The summed E-state index contributed by atoms with van der Waals surface area (Å²) in [5.74, 6) is 0.770. The lowest BCUT2D eigenvalue weighted by molar-refractivity contribution is -0.115. The number of thioether (sulfide) groups is 1. The molecule has 2 aromatic carbocycles. The first-order valence-electron chi connectivity index (χ1n) is 8.82. The molecule has 26 heavy (non-hydrogen) atoms. The number of amides is 1. The lowest BCUT2D eigenvalue weighted by atomic mass is 10.2. The van der Waals surface area contributed by atoms with Crippen LogP contribution >= 0.6 is 23.4 Å². The zero-order chi connectivity index (χ0) is 18.4. The molecule has 1 aliphatic rings. The molecular weight excluding hydrogens is 366 g/mol. The molecule has 0 bridgehead atoms. The second-order valence-electron chi connectivity index (χ2n) is 6.41. The van der Waals surface area contributed by atoms with Gasteiger partial charge in [0.25, 0.3) is 0 Å². The fourth-order valence-corrected chi connectivity index (χ4v) is 3.97. The van der Waals surface area contributed by atoms with Gasteiger partial charge in [0.05, 0.1) is 11.4 Å². The van der Waals surface area contributed by atoms with Gasteiger partial charge >= 0.3 is 0 Å². The Balaban J connectivity index is 1.59. The third kappa shape index (κ3) is 5.40. The molecule has 1 saturated heterocycles. The number of nitrogens with zero attached hydrogens (tertiary/aromatic N) is 2. The topological polar surface area (TPSA) is 35.6 Å². The normalized spacial score (nSPS) is 15.1. The van der Waals surface area contributed by atoms with E-state index in [-0.39, 0.29) is 5.91 Å². The average molecular weight is 390 g/mol. The summed E-state index contributed by atoms with van der Waals surface area (Å²) < 4.78 is 0. The van der Waals surface area contributed by atoms with Gasteiger partial charge in [0.2, 0.25) is 5.91 Å². The van der Waals surface area contributed by atoms with E-state index in [2.05, 4.69) is 34.3 Å². The Bertz CT molecular complexity index is 733. The maximum atomic E-state index is 12.4. The molecular formula is C20H24ClN3OS.